The molecule has 1 rings (SSSR count). The summed E-state index contributed by atoms with van der Waals surface area (Å²) in [5.41, 5.74) is -0.114. The van der Waals surface area contributed by atoms with Crippen molar-refractivity contribution in [2.24, 2.45) is 0 Å². The van der Waals surface area contributed by atoms with Crippen LogP contribution in [0.25, 0.3) is 0 Å². The van der Waals surface area contributed by atoms with Crippen molar-refractivity contribution in [2.45, 2.75) is 38.6 Å². The molecule has 0 aliphatic rings. The molecule has 1 aromatic rings. The summed E-state index contributed by atoms with van der Waals surface area (Å²) in [7, 11) is -1.86. The maximum Gasteiger partial charge on any atom is 0.193 e. The van der Waals surface area contributed by atoms with Crippen LogP contribution in [-0.2, 0) is 14.8 Å². The lowest BCUT2D eigenvalue weighted by molar-refractivity contribution is 0.00106. The second-order valence-electron chi connectivity index (χ2n) is 5.57. The van der Waals surface area contributed by atoms with E-state index in [-0.39, 0.29) is 6.61 Å². The molecule has 1 aromatic carbocycles. The lowest BCUT2D eigenvalue weighted by Gasteiger charge is -2.33. The minimum Gasteiger partial charge on any atom is -0.395 e. The van der Waals surface area contributed by atoms with Gasteiger partial charge in [-0.05, 0) is 31.6 Å². The minimum atomic E-state index is -1.86. The molecule has 0 bridgehead atoms. The van der Waals surface area contributed by atoms with Crippen molar-refractivity contribution in [3.63, 3.8) is 0 Å². The first-order valence-corrected chi connectivity index (χ1v) is 10.1. The van der Waals surface area contributed by atoms with Gasteiger partial charge in [-0.1, -0.05) is 37.3 Å². The van der Waals surface area contributed by atoms with Gasteiger partial charge in [0.1, 0.15) is 6.07 Å². The molecule has 3 nitrogen and oxygen atoms in total. The first-order valence-electron chi connectivity index (χ1n) is 6.68. The summed E-state index contributed by atoms with van der Waals surface area (Å²) in [5, 5.41) is 9.66. The molecule has 0 unspecified atom stereocenters. The molecule has 0 saturated carbocycles. The highest BCUT2D eigenvalue weighted by molar-refractivity contribution is 6.69. The van der Waals surface area contributed by atoms with Crippen LogP contribution in [0.5, 0.6) is 0 Å². The van der Waals surface area contributed by atoms with Gasteiger partial charge in [0.2, 0.25) is 0 Å². The van der Waals surface area contributed by atoms with E-state index in [0.717, 1.165) is 12.0 Å². The van der Waals surface area contributed by atoms with E-state index >= 15 is 0 Å². The van der Waals surface area contributed by atoms with Crippen molar-refractivity contribution in [3.05, 3.63) is 35.9 Å². The first-order chi connectivity index (χ1) is 8.93. The molecule has 0 aliphatic carbocycles. The van der Waals surface area contributed by atoms with E-state index in [2.05, 4.69) is 32.6 Å². The SMILES string of the molecule is CCCOC[C@@](C#N)(O[Si](C)(C)C)c1ccccc1. The zero-order chi connectivity index (χ0) is 14.4. The van der Waals surface area contributed by atoms with E-state index in [1.165, 1.54) is 0 Å². The summed E-state index contributed by atoms with van der Waals surface area (Å²) >= 11 is 0. The standard InChI is InChI=1S/C15H23NO2Si/c1-5-11-17-13-15(12-16,18-19(2,3)4)14-9-7-6-8-10-14/h6-10H,5,11,13H2,1-4H3/t15-/m1/s1. The summed E-state index contributed by atoms with van der Waals surface area (Å²) in [6, 6.07) is 12.0. The van der Waals surface area contributed by atoms with Gasteiger partial charge in [-0.25, -0.2) is 0 Å². The molecular formula is C15H23NO2Si. The third-order valence-electron chi connectivity index (χ3n) is 2.55. The third-order valence-corrected chi connectivity index (χ3v) is 3.52. The van der Waals surface area contributed by atoms with Crippen LogP contribution < -0.4 is 0 Å². The smallest absolute Gasteiger partial charge is 0.193 e. The van der Waals surface area contributed by atoms with Gasteiger partial charge in [0.05, 0.1) is 6.61 Å². The van der Waals surface area contributed by atoms with Crippen molar-refractivity contribution in [1.29, 1.82) is 5.26 Å². The second kappa shape index (κ2) is 6.85. The molecule has 0 aromatic heterocycles. The summed E-state index contributed by atoms with van der Waals surface area (Å²) in [5.74, 6) is 0. The van der Waals surface area contributed by atoms with Crippen molar-refractivity contribution >= 4 is 8.32 Å². The van der Waals surface area contributed by atoms with Crippen LogP contribution in [0.4, 0.5) is 0 Å². The molecule has 0 aliphatic heterocycles. The third kappa shape index (κ3) is 4.79. The fourth-order valence-electron chi connectivity index (χ4n) is 1.88. The molecule has 19 heavy (non-hydrogen) atoms. The van der Waals surface area contributed by atoms with Crippen molar-refractivity contribution in [1.82, 2.24) is 0 Å². The lowest BCUT2D eigenvalue weighted by atomic mass is 9.96. The first kappa shape index (κ1) is 15.9. The van der Waals surface area contributed by atoms with E-state index in [1.807, 2.05) is 30.3 Å². The van der Waals surface area contributed by atoms with Gasteiger partial charge in [-0.2, -0.15) is 5.26 Å². The highest BCUT2D eigenvalue weighted by atomic mass is 28.4. The van der Waals surface area contributed by atoms with E-state index in [1.54, 1.807) is 0 Å². The number of nitrogens with zero attached hydrogens (tertiary/aromatic N) is 1. The number of nitriles is 1. The maximum absolute atomic E-state index is 9.66. The Hall–Kier alpha value is -1.15. The maximum atomic E-state index is 9.66. The Morgan fingerprint density at radius 2 is 1.84 bits per heavy atom. The summed E-state index contributed by atoms with van der Waals surface area (Å²) in [6.07, 6.45) is 0.934. The number of rotatable bonds is 7. The van der Waals surface area contributed by atoms with E-state index < -0.39 is 13.9 Å². The predicted molar refractivity (Wildman–Crippen MR) is 79.3 cm³/mol. The Morgan fingerprint density at radius 1 is 1.21 bits per heavy atom. The molecule has 0 N–H and O–H groups in total. The molecule has 1 atom stereocenters. The van der Waals surface area contributed by atoms with Crippen LogP contribution in [0.2, 0.25) is 19.6 Å². The fourth-order valence-corrected chi connectivity index (χ4v) is 3.15. The van der Waals surface area contributed by atoms with Crippen molar-refractivity contribution in [2.75, 3.05) is 13.2 Å². The van der Waals surface area contributed by atoms with Gasteiger partial charge in [-0.15, -0.1) is 0 Å². The van der Waals surface area contributed by atoms with Gasteiger partial charge in [-0.3, -0.25) is 0 Å². The Morgan fingerprint density at radius 3 is 2.32 bits per heavy atom. The van der Waals surface area contributed by atoms with Crippen LogP contribution >= 0.6 is 0 Å². The number of hydrogen-bond donors (Lipinski definition) is 0. The molecule has 4 heteroatoms. The molecule has 0 saturated heterocycles. The van der Waals surface area contributed by atoms with Crippen LogP contribution in [0.15, 0.2) is 30.3 Å². The summed E-state index contributed by atoms with van der Waals surface area (Å²) < 4.78 is 11.8. The Kier molecular flexibility index (Phi) is 5.74. The summed E-state index contributed by atoms with van der Waals surface area (Å²) in [4.78, 5) is 0. The van der Waals surface area contributed by atoms with E-state index in [9.17, 15) is 5.26 Å². The zero-order valence-corrected chi connectivity index (χ0v) is 13.3. The van der Waals surface area contributed by atoms with Gasteiger partial charge in [0.25, 0.3) is 0 Å². The van der Waals surface area contributed by atoms with Crippen molar-refractivity contribution in [3.8, 4) is 6.07 Å². The average Bonchev–Trinajstić information content (AvgIpc) is 2.37. The number of hydrogen-bond acceptors (Lipinski definition) is 3. The quantitative estimate of drug-likeness (QED) is 0.564. The predicted octanol–water partition coefficient (Wildman–Crippen LogP) is 3.68. The molecule has 0 spiro atoms. The van der Waals surface area contributed by atoms with Crippen LogP contribution in [-0.4, -0.2) is 21.5 Å². The normalized spacial score (nSPS) is 14.7. The number of ether oxygens (including phenoxy) is 1. The molecule has 0 amide bonds. The largest absolute Gasteiger partial charge is 0.395 e. The Labute approximate surface area is 117 Å². The summed E-state index contributed by atoms with van der Waals surface area (Å²) in [6.45, 7) is 9.23. The molecule has 0 fully saturated rings. The van der Waals surface area contributed by atoms with Gasteiger partial charge < -0.3 is 9.16 Å². The Bertz CT molecular complexity index is 422. The zero-order valence-electron chi connectivity index (χ0n) is 12.3. The Balaban J connectivity index is 3.04. The van der Waals surface area contributed by atoms with E-state index in [0.29, 0.717) is 6.61 Å². The van der Waals surface area contributed by atoms with Crippen LogP contribution in [0.3, 0.4) is 0 Å². The lowest BCUT2D eigenvalue weighted by Crippen LogP contribution is -2.43. The molecule has 0 heterocycles. The highest BCUT2D eigenvalue weighted by Gasteiger charge is 2.38. The monoisotopic (exact) mass is 277 g/mol. The second-order valence-corrected chi connectivity index (χ2v) is 10.0. The average molecular weight is 277 g/mol. The van der Waals surface area contributed by atoms with Crippen LogP contribution in [0.1, 0.15) is 18.9 Å². The topological polar surface area (TPSA) is 42.2 Å². The highest BCUT2D eigenvalue weighted by Crippen LogP contribution is 2.29. The number of benzene rings is 1. The molecule has 0 radical (unpaired) electrons. The van der Waals surface area contributed by atoms with Gasteiger partial charge in [0, 0.05) is 6.61 Å². The van der Waals surface area contributed by atoms with Gasteiger partial charge in [0.15, 0.2) is 13.9 Å². The van der Waals surface area contributed by atoms with E-state index in [4.69, 9.17) is 9.16 Å². The van der Waals surface area contributed by atoms with Crippen molar-refractivity contribution < 1.29 is 9.16 Å². The van der Waals surface area contributed by atoms with Gasteiger partial charge >= 0.3 is 0 Å². The fraction of sp³-hybridized carbons (Fsp3) is 0.533. The minimum absolute atomic E-state index is 0.283. The molecular weight excluding hydrogens is 254 g/mol. The van der Waals surface area contributed by atoms with Crippen LogP contribution in [0, 0.1) is 11.3 Å². The molecule has 104 valence electrons.